The zero-order valence-electron chi connectivity index (χ0n) is 12.5. The Kier molecular flexibility index (Phi) is 6.00. The predicted molar refractivity (Wildman–Crippen MR) is 87.1 cm³/mol. The molecule has 0 saturated heterocycles. The highest BCUT2D eigenvalue weighted by atomic mass is 35.5. The first-order valence-corrected chi connectivity index (χ1v) is 7.33. The van der Waals surface area contributed by atoms with Gasteiger partial charge in [0, 0.05) is 10.6 Å². The number of benzene rings is 2. The summed E-state index contributed by atoms with van der Waals surface area (Å²) < 4.78 is 10.1. The molecule has 0 heterocycles. The van der Waals surface area contributed by atoms with Crippen LogP contribution in [0, 0.1) is 0 Å². The molecule has 1 amide bonds. The van der Waals surface area contributed by atoms with Crippen LogP contribution in [0.3, 0.4) is 0 Å². The number of ether oxygens (including phenoxy) is 2. The molecule has 0 aliphatic rings. The van der Waals surface area contributed by atoms with Gasteiger partial charge in [0.1, 0.15) is 12.4 Å². The number of hydrogen-bond acceptors (Lipinski definition) is 4. The summed E-state index contributed by atoms with van der Waals surface area (Å²) in [5.41, 5.74) is 0.953. The lowest BCUT2D eigenvalue weighted by Crippen LogP contribution is -2.28. The van der Waals surface area contributed by atoms with Crippen LogP contribution in [-0.4, -0.2) is 32.1 Å². The Morgan fingerprint density at radius 3 is 2.48 bits per heavy atom. The van der Waals surface area contributed by atoms with Crippen molar-refractivity contribution in [2.24, 2.45) is 0 Å². The Balaban J connectivity index is 1.77. The molecule has 2 aromatic rings. The maximum Gasteiger partial charge on any atom is 0.337 e. The first-order valence-electron chi connectivity index (χ1n) is 6.95. The standard InChI is InChI=1S/C17H16ClNO4/c1-22-17(21)12-5-7-15(8-6-12)23-10-9-19-16(20)13-3-2-4-14(18)11-13/h2-8,11H,9-10H2,1H3,(H,19,20). The molecule has 0 spiro atoms. The lowest BCUT2D eigenvalue weighted by molar-refractivity contribution is 0.0600. The van der Waals surface area contributed by atoms with E-state index in [4.69, 9.17) is 16.3 Å². The van der Waals surface area contributed by atoms with Crippen molar-refractivity contribution < 1.29 is 19.1 Å². The van der Waals surface area contributed by atoms with Gasteiger partial charge in [-0.1, -0.05) is 17.7 Å². The van der Waals surface area contributed by atoms with E-state index in [-0.39, 0.29) is 5.91 Å². The summed E-state index contributed by atoms with van der Waals surface area (Å²) in [5, 5.41) is 3.25. The number of amides is 1. The van der Waals surface area contributed by atoms with E-state index in [1.165, 1.54) is 7.11 Å². The topological polar surface area (TPSA) is 64.6 Å². The Bertz CT molecular complexity index is 685. The number of hydrogen-bond donors (Lipinski definition) is 1. The highest BCUT2D eigenvalue weighted by Crippen LogP contribution is 2.13. The molecular formula is C17H16ClNO4. The van der Waals surface area contributed by atoms with Crippen molar-refractivity contribution in [2.45, 2.75) is 0 Å². The van der Waals surface area contributed by atoms with Gasteiger partial charge in [0.2, 0.25) is 0 Å². The van der Waals surface area contributed by atoms with E-state index >= 15 is 0 Å². The molecule has 120 valence electrons. The molecule has 5 nitrogen and oxygen atoms in total. The van der Waals surface area contributed by atoms with Gasteiger partial charge in [-0.05, 0) is 42.5 Å². The van der Waals surface area contributed by atoms with Crippen molar-refractivity contribution in [3.8, 4) is 5.75 Å². The fraction of sp³-hybridized carbons (Fsp3) is 0.176. The number of esters is 1. The summed E-state index contributed by atoms with van der Waals surface area (Å²) >= 11 is 5.84. The van der Waals surface area contributed by atoms with Gasteiger partial charge in [-0.15, -0.1) is 0 Å². The molecule has 0 fully saturated rings. The molecule has 2 rings (SSSR count). The highest BCUT2D eigenvalue weighted by molar-refractivity contribution is 6.30. The molecule has 0 aromatic heterocycles. The number of nitrogens with one attached hydrogen (secondary N) is 1. The van der Waals surface area contributed by atoms with Crippen molar-refractivity contribution in [3.05, 3.63) is 64.7 Å². The van der Waals surface area contributed by atoms with Crippen molar-refractivity contribution in [2.75, 3.05) is 20.3 Å². The van der Waals surface area contributed by atoms with E-state index in [0.717, 1.165) is 0 Å². The van der Waals surface area contributed by atoms with E-state index in [0.29, 0.717) is 35.1 Å². The highest BCUT2D eigenvalue weighted by Gasteiger charge is 2.06. The van der Waals surface area contributed by atoms with Crippen LogP contribution in [0.4, 0.5) is 0 Å². The molecule has 0 atom stereocenters. The monoisotopic (exact) mass is 333 g/mol. The molecule has 2 aromatic carbocycles. The summed E-state index contributed by atoms with van der Waals surface area (Å²) in [7, 11) is 1.33. The molecule has 0 bridgehead atoms. The molecular weight excluding hydrogens is 318 g/mol. The van der Waals surface area contributed by atoms with Gasteiger partial charge in [-0.3, -0.25) is 4.79 Å². The Labute approximate surface area is 139 Å². The minimum Gasteiger partial charge on any atom is -0.492 e. The van der Waals surface area contributed by atoms with Crippen molar-refractivity contribution in [1.82, 2.24) is 5.32 Å². The molecule has 0 aliphatic carbocycles. The average Bonchev–Trinajstić information content (AvgIpc) is 2.58. The fourth-order valence-corrected chi connectivity index (χ4v) is 2.06. The van der Waals surface area contributed by atoms with E-state index in [9.17, 15) is 9.59 Å². The van der Waals surface area contributed by atoms with Crippen LogP contribution in [0.2, 0.25) is 5.02 Å². The Morgan fingerprint density at radius 2 is 1.83 bits per heavy atom. The zero-order valence-corrected chi connectivity index (χ0v) is 13.3. The van der Waals surface area contributed by atoms with Crippen LogP contribution in [-0.2, 0) is 4.74 Å². The summed E-state index contributed by atoms with van der Waals surface area (Å²) in [5.74, 6) is -0.00266. The Hall–Kier alpha value is -2.53. The summed E-state index contributed by atoms with van der Waals surface area (Å²) in [6.07, 6.45) is 0. The molecule has 0 aliphatic heterocycles. The van der Waals surface area contributed by atoms with Gasteiger partial charge in [0.25, 0.3) is 5.91 Å². The fourth-order valence-electron chi connectivity index (χ4n) is 1.87. The minimum atomic E-state index is -0.398. The van der Waals surface area contributed by atoms with E-state index in [2.05, 4.69) is 10.1 Å². The number of halogens is 1. The van der Waals surface area contributed by atoms with Crippen molar-refractivity contribution in [3.63, 3.8) is 0 Å². The van der Waals surface area contributed by atoms with Gasteiger partial charge in [-0.25, -0.2) is 4.79 Å². The average molecular weight is 334 g/mol. The number of carbonyl (C=O) groups excluding carboxylic acids is 2. The van der Waals surface area contributed by atoms with Gasteiger partial charge in [0.15, 0.2) is 0 Å². The third-order valence-electron chi connectivity index (χ3n) is 3.02. The van der Waals surface area contributed by atoms with Crippen LogP contribution < -0.4 is 10.1 Å². The van der Waals surface area contributed by atoms with E-state index < -0.39 is 5.97 Å². The maximum absolute atomic E-state index is 11.9. The number of rotatable bonds is 6. The second-order valence-corrected chi connectivity index (χ2v) is 5.07. The number of carbonyl (C=O) groups is 2. The molecule has 0 unspecified atom stereocenters. The maximum atomic E-state index is 11.9. The first-order chi connectivity index (χ1) is 11.1. The van der Waals surface area contributed by atoms with E-state index in [1.807, 2.05) is 0 Å². The summed E-state index contributed by atoms with van der Waals surface area (Å²) in [6.45, 7) is 0.661. The molecule has 23 heavy (non-hydrogen) atoms. The largest absolute Gasteiger partial charge is 0.492 e. The van der Waals surface area contributed by atoms with Crippen molar-refractivity contribution in [1.29, 1.82) is 0 Å². The third kappa shape index (κ3) is 5.00. The normalized spacial score (nSPS) is 10.0. The van der Waals surface area contributed by atoms with E-state index in [1.54, 1.807) is 48.5 Å². The van der Waals surface area contributed by atoms with Gasteiger partial charge >= 0.3 is 5.97 Å². The van der Waals surface area contributed by atoms with Gasteiger partial charge < -0.3 is 14.8 Å². The minimum absolute atomic E-state index is 0.211. The predicted octanol–water partition coefficient (Wildman–Crippen LogP) is 2.94. The molecule has 0 saturated carbocycles. The molecule has 0 radical (unpaired) electrons. The summed E-state index contributed by atoms with van der Waals surface area (Å²) in [6, 6.07) is 13.3. The third-order valence-corrected chi connectivity index (χ3v) is 3.25. The SMILES string of the molecule is COC(=O)c1ccc(OCCNC(=O)c2cccc(Cl)c2)cc1. The van der Waals surface area contributed by atoms with Crippen LogP contribution in [0.15, 0.2) is 48.5 Å². The second kappa shape index (κ2) is 8.19. The lowest BCUT2D eigenvalue weighted by atomic mass is 10.2. The van der Waals surface area contributed by atoms with Crippen molar-refractivity contribution >= 4 is 23.5 Å². The quantitative estimate of drug-likeness (QED) is 0.652. The Morgan fingerprint density at radius 1 is 1.09 bits per heavy atom. The zero-order chi connectivity index (χ0) is 16.7. The first kappa shape index (κ1) is 16.8. The molecule has 1 N–H and O–H groups in total. The number of methoxy groups -OCH3 is 1. The lowest BCUT2D eigenvalue weighted by Gasteiger charge is -2.08. The molecule has 6 heteroatoms. The van der Waals surface area contributed by atoms with Crippen LogP contribution in [0.1, 0.15) is 20.7 Å². The van der Waals surface area contributed by atoms with Crippen LogP contribution >= 0.6 is 11.6 Å². The van der Waals surface area contributed by atoms with Gasteiger partial charge in [-0.2, -0.15) is 0 Å². The van der Waals surface area contributed by atoms with Crippen LogP contribution in [0.25, 0.3) is 0 Å². The van der Waals surface area contributed by atoms with Crippen LogP contribution in [0.5, 0.6) is 5.75 Å². The second-order valence-electron chi connectivity index (χ2n) is 4.63. The smallest absolute Gasteiger partial charge is 0.337 e. The summed E-state index contributed by atoms with van der Waals surface area (Å²) in [4.78, 5) is 23.2. The van der Waals surface area contributed by atoms with Gasteiger partial charge in [0.05, 0.1) is 19.2 Å².